The number of hydrogen-bond acceptors (Lipinski definition) is 3. The molecule has 2 amide bonds. The lowest BCUT2D eigenvalue weighted by Gasteiger charge is -2.15. The summed E-state index contributed by atoms with van der Waals surface area (Å²) in [5, 5.41) is 8.69. The predicted octanol–water partition coefficient (Wildman–Crippen LogP) is 4.54. The molecule has 26 heavy (non-hydrogen) atoms. The van der Waals surface area contributed by atoms with Crippen LogP contribution in [0.3, 0.4) is 0 Å². The van der Waals surface area contributed by atoms with Gasteiger partial charge in [0.05, 0.1) is 0 Å². The third kappa shape index (κ3) is 5.12. The molecule has 2 rings (SSSR count). The molecule has 0 bridgehead atoms. The van der Waals surface area contributed by atoms with Gasteiger partial charge in [0.2, 0.25) is 5.91 Å². The fraction of sp³-hybridized carbons (Fsp3) is 0.211. The van der Waals surface area contributed by atoms with E-state index in [1.54, 1.807) is 19.1 Å². The van der Waals surface area contributed by atoms with Crippen LogP contribution in [0.15, 0.2) is 40.9 Å². The number of nitrogens with one attached hydrogen (secondary N) is 3. The van der Waals surface area contributed by atoms with Crippen LogP contribution < -0.4 is 16.0 Å². The molecule has 0 saturated carbocycles. The van der Waals surface area contributed by atoms with Gasteiger partial charge in [0.15, 0.2) is 5.11 Å². The van der Waals surface area contributed by atoms with E-state index < -0.39 is 0 Å². The van der Waals surface area contributed by atoms with Crippen molar-refractivity contribution in [3.8, 4) is 0 Å². The van der Waals surface area contributed by atoms with Gasteiger partial charge < -0.3 is 10.6 Å². The number of hydrogen-bond donors (Lipinski definition) is 3. The molecule has 5 nitrogen and oxygen atoms in total. The fourth-order valence-electron chi connectivity index (χ4n) is 2.21. The van der Waals surface area contributed by atoms with E-state index in [9.17, 15) is 9.59 Å². The molecule has 0 aliphatic rings. The third-order valence-corrected chi connectivity index (χ3v) is 4.90. The highest BCUT2D eigenvalue weighted by molar-refractivity contribution is 9.10. The van der Waals surface area contributed by atoms with Gasteiger partial charge in [-0.2, -0.15) is 0 Å². The Morgan fingerprint density at radius 3 is 2.35 bits per heavy atom. The van der Waals surface area contributed by atoms with Gasteiger partial charge in [0.1, 0.15) is 0 Å². The summed E-state index contributed by atoms with van der Waals surface area (Å²) < 4.78 is 0.860. The van der Waals surface area contributed by atoms with Crippen LogP contribution in [0.5, 0.6) is 0 Å². The van der Waals surface area contributed by atoms with E-state index in [1.165, 1.54) is 0 Å². The van der Waals surface area contributed by atoms with Crippen molar-refractivity contribution in [2.24, 2.45) is 0 Å². The van der Waals surface area contributed by atoms with Gasteiger partial charge in [-0.15, -0.1) is 0 Å². The molecule has 0 radical (unpaired) electrons. The lowest BCUT2D eigenvalue weighted by Crippen LogP contribution is -2.34. The zero-order valence-electron chi connectivity index (χ0n) is 14.8. The molecule has 0 heterocycles. The van der Waals surface area contributed by atoms with Crippen LogP contribution in [-0.2, 0) is 4.79 Å². The summed E-state index contributed by atoms with van der Waals surface area (Å²) in [5.41, 5.74) is 3.81. The molecule has 0 unspecified atom stereocenters. The van der Waals surface area contributed by atoms with Gasteiger partial charge in [-0.1, -0.05) is 35.0 Å². The highest BCUT2D eigenvalue weighted by Crippen LogP contribution is 2.23. The number of amides is 2. The van der Waals surface area contributed by atoms with Crippen molar-refractivity contribution in [3.05, 3.63) is 57.6 Å². The first-order valence-electron chi connectivity index (χ1n) is 8.09. The minimum atomic E-state index is -0.295. The van der Waals surface area contributed by atoms with Crippen LogP contribution in [0.2, 0.25) is 0 Å². The highest BCUT2D eigenvalue weighted by Gasteiger charge is 2.11. The number of carbonyl (C=O) groups is 2. The molecule has 0 atom stereocenters. The maximum absolute atomic E-state index is 12.3. The van der Waals surface area contributed by atoms with Gasteiger partial charge >= 0.3 is 0 Å². The van der Waals surface area contributed by atoms with Crippen LogP contribution in [0.25, 0.3) is 0 Å². The Labute approximate surface area is 166 Å². The van der Waals surface area contributed by atoms with E-state index in [0.717, 1.165) is 15.6 Å². The van der Waals surface area contributed by atoms with Crippen molar-refractivity contribution in [1.29, 1.82) is 0 Å². The summed E-state index contributed by atoms with van der Waals surface area (Å²) in [6, 6.07) is 10.8. The van der Waals surface area contributed by atoms with Crippen molar-refractivity contribution in [3.63, 3.8) is 0 Å². The molecule has 2 aromatic carbocycles. The maximum Gasteiger partial charge on any atom is 0.257 e. The Balaban J connectivity index is 2.07. The van der Waals surface area contributed by atoms with Gasteiger partial charge in [-0.05, 0) is 61.5 Å². The van der Waals surface area contributed by atoms with E-state index >= 15 is 0 Å². The van der Waals surface area contributed by atoms with Gasteiger partial charge in [0, 0.05) is 27.8 Å². The standard InChI is InChI=1S/C19H20BrN3O2S/c1-4-17(24)21-15-6-5-7-16(12(15)3)22-19(26)23-18(25)13-9-8-11(2)14(20)10-13/h5-10H,4H2,1-3H3,(H,21,24)(H2,22,23,25,26). The first kappa shape index (κ1) is 20.1. The van der Waals surface area contributed by atoms with E-state index in [4.69, 9.17) is 12.2 Å². The highest BCUT2D eigenvalue weighted by atomic mass is 79.9. The number of thiocarbonyl (C=S) groups is 1. The maximum atomic E-state index is 12.3. The molecule has 2 aromatic rings. The van der Waals surface area contributed by atoms with Crippen LogP contribution in [0, 0.1) is 13.8 Å². The minimum Gasteiger partial charge on any atom is -0.332 e. The van der Waals surface area contributed by atoms with E-state index in [0.29, 0.717) is 23.4 Å². The molecule has 0 aromatic heterocycles. The van der Waals surface area contributed by atoms with Crippen molar-refractivity contribution < 1.29 is 9.59 Å². The number of halogens is 1. The number of rotatable bonds is 4. The minimum absolute atomic E-state index is 0.0638. The average molecular weight is 434 g/mol. The topological polar surface area (TPSA) is 70.2 Å². The number of benzene rings is 2. The number of aryl methyl sites for hydroxylation is 1. The molecule has 0 spiro atoms. The zero-order chi connectivity index (χ0) is 19.3. The molecular formula is C19H20BrN3O2S. The summed E-state index contributed by atoms with van der Waals surface area (Å²) in [6.45, 7) is 5.61. The summed E-state index contributed by atoms with van der Waals surface area (Å²) in [6.07, 6.45) is 0.400. The van der Waals surface area contributed by atoms with Crippen molar-refractivity contribution in [1.82, 2.24) is 5.32 Å². The smallest absolute Gasteiger partial charge is 0.257 e. The average Bonchev–Trinajstić information content (AvgIpc) is 2.60. The second-order valence-electron chi connectivity index (χ2n) is 5.75. The quantitative estimate of drug-likeness (QED) is 0.618. The van der Waals surface area contributed by atoms with E-state index in [1.807, 2.05) is 38.1 Å². The summed E-state index contributed by atoms with van der Waals surface area (Å²) in [7, 11) is 0. The monoisotopic (exact) mass is 433 g/mol. The zero-order valence-corrected chi connectivity index (χ0v) is 17.2. The van der Waals surface area contributed by atoms with Crippen LogP contribution >= 0.6 is 28.1 Å². The van der Waals surface area contributed by atoms with Gasteiger partial charge in [-0.3, -0.25) is 14.9 Å². The largest absolute Gasteiger partial charge is 0.332 e. The Hall–Kier alpha value is -2.25. The van der Waals surface area contributed by atoms with Crippen molar-refractivity contribution in [2.75, 3.05) is 10.6 Å². The van der Waals surface area contributed by atoms with E-state index in [2.05, 4.69) is 31.9 Å². The lowest BCUT2D eigenvalue weighted by molar-refractivity contribution is -0.115. The second-order valence-corrected chi connectivity index (χ2v) is 7.01. The summed E-state index contributed by atoms with van der Waals surface area (Å²) >= 11 is 8.66. The Morgan fingerprint density at radius 1 is 1.08 bits per heavy atom. The molecule has 0 saturated heterocycles. The SMILES string of the molecule is CCC(=O)Nc1cccc(NC(=S)NC(=O)c2ccc(C)c(Br)c2)c1C. The predicted molar refractivity (Wildman–Crippen MR) is 113 cm³/mol. The lowest BCUT2D eigenvalue weighted by atomic mass is 10.1. The van der Waals surface area contributed by atoms with Crippen LogP contribution in [0.4, 0.5) is 11.4 Å². The van der Waals surface area contributed by atoms with Gasteiger partial charge in [-0.25, -0.2) is 0 Å². The molecule has 0 aliphatic carbocycles. The second kappa shape index (κ2) is 8.91. The first-order chi connectivity index (χ1) is 12.3. The third-order valence-electron chi connectivity index (χ3n) is 3.84. The number of anilines is 2. The summed E-state index contributed by atoms with van der Waals surface area (Å²) in [5.74, 6) is -0.359. The summed E-state index contributed by atoms with van der Waals surface area (Å²) in [4.78, 5) is 23.9. The van der Waals surface area contributed by atoms with Crippen molar-refractivity contribution >= 4 is 56.4 Å². The number of carbonyl (C=O) groups excluding carboxylic acids is 2. The Bertz CT molecular complexity index is 868. The molecule has 0 aliphatic heterocycles. The van der Waals surface area contributed by atoms with E-state index in [-0.39, 0.29) is 16.9 Å². The fourth-order valence-corrected chi connectivity index (χ4v) is 2.79. The van der Waals surface area contributed by atoms with Crippen LogP contribution in [-0.4, -0.2) is 16.9 Å². The Morgan fingerprint density at radius 2 is 1.73 bits per heavy atom. The van der Waals surface area contributed by atoms with Gasteiger partial charge in [0.25, 0.3) is 5.91 Å². The molecule has 3 N–H and O–H groups in total. The molecule has 7 heteroatoms. The van der Waals surface area contributed by atoms with Crippen molar-refractivity contribution in [2.45, 2.75) is 27.2 Å². The normalized spacial score (nSPS) is 10.2. The first-order valence-corrected chi connectivity index (χ1v) is 9.30. The molecular weight excluding hydrogens is 414 g/mol. The molecule has 0 fully saturated rings. The Kier molecular flexibility index (Phi) is 6.88. The molecule has 136 valence electrons. The van der Waals surface area contributed by atoms with Crippen LogP contribution in [0.1, 0.15) is 34.8 Å².